The fraction of sp³-hybridized carbons (Fsp3) is 0.0909. The summed E-state index contributed by atoms with van der Waals surface area (Å²) in [5, 5.41) is 11.2. The van der Waals surface area contributed by atoms with Gasteiger partial charge in [-0.25, -0.2) is 4.79 Å². The van der Waals surface area contributed by atoms with Gasteiger partial charge in [0.1, 0.15) is 5.75 Å². The number of alkyl halides is 3. The van der Waals surface area contributed by atoms with Crippen molar-refractivity contribution in [3.63, 3.8) is 0 Å². The van der Waals surface area contributed by atoms with Crippen LogP contribution < -0.4 is 5.32 Å². The summed E-state index contributed by atoms with van der Waals surface area (Å²) in [4.78, 5) is 25.3. The van der Waals surface area contributed by atoms with E-state index >= 15 is 0 Å². The molecule has 3 aromatic rings. The summed E-state index contributed by atoms with van der Waals surface area (Å²) in [7, 11) is 0. The Balaban J connectivity index is 1.87. The summed E-state index contributed by atoms with van der Waals surface area (Å²) in [5.41, 5.74) is -0.873. The highest BCUT2D eigenvalue weighted by Gasteiger charge is 2.34. The summed E-state index contributed by atoms with van der Waals surface area (Å²) in [6.45, 7) is 0. The minimum absolute atomic E-state index is 0.0582. The molecule has 0 saturated carbocycles. The van der Waals surface area contributed by atoms with E-state index < -0.39 is 34.7 Å². The number of phenolic OH excluding ortho intramolecular Hbond substituents is 1. The van der Waals surface area contributed by atoms with E-state index in [2.05, 4.69) is 5.32 Å². The van der Waals surface area contributed by atoms with Gasteiger partial charge in [0.2, 0.25) is 6.10 Å². The second kappa shape index (κ2) is 9.09. The summed E-state index contributed by atoms with van der Waals surface area (Å²) in [6.07, 6.45) is -6.14. The molecule has 3 rings (SSSR count). The Hall–Kier alpha value is -3.52. The number of aromatic hydroxyl groups is 1. The Morgan fingerprint density at radius 2 is 1.61 bits per heavy atom. The lowest BCUT2D eigenvalue weighted by Gasteiger charge is -2.19. The molecule has 2 N–H and O–H groups in total. The monoisotopic (exact) mass is 449 g/mol. The fourth-order valence-corrected chi connectivity index (χ4v) is 2.93. The topological polar surface area (TPSA) is 75.6 Å². The SMILES string of the molecule is O=C(OC(C(=O)Nc1ccc(Cl)c(C(F)(F)F)c1)c1ccccc1)c1ccc(O)cc1. The maximum atomic E-state index is 13.1. The molecule has 0 bridgehead atoms. The molecular formula is C22H15ClF3NO4. The number of hydrogen-bond acceptors (Lipinski definition) is 4. The van der Waals surface area contributed by atoms with Gasteiger partial charge in [-0.15, -0.1) is 0 Å². The number of anilines is 1. The van der Waals surface area contributed by atoms with Crippen LogP contribution >= 0.6 is 11.6 Å². The Labute approximate surface area is 180 Å². The number of amides is 1. The van der Waals surface area contributed by atoms with E-state index in [1.54, 1.807) is 18.2 Å². The van der Waals surface area contributed by atoms with Crippen molar-refractivity contribution in [2.75, 3.05) is 5.32 Å². The lowest BCUT2D eigenvalue weighted by Crippen LogP contribution is -2.26. The molecule has 0 heterocycles. The lowest BCUT2D eigenvalue weighted by atomic mass is 10.1. The van der Waals surface area contributed by atoms with Gasteiger partial charge >= 0.3 is 12.1 Å². The van der Waals surface area contributed by atoms with E-state index in [1.165, 1.54) is 42.5 Å². The van der Waals surface area contributed by atoms with E-state index in [9.17, 15) is 27.9 Å². The molecule has 0 aromatic heterocycles. The molecule has 0 radical (unpaired) electrons. The molecule has 0 spiro atoms. The zero-order valence-corrected chi connectivity index (χ0v) is 16.4. The predicted octanol–water partition coefficient (Wildman–Crippen LogP) is 5.60. The molecule has 5 nitrogen and oxygen atoms in total. The van der Waals surface area contributed by atoms with Gasteiger partial charge in [-0.2, -0.15) is 13.2 Å². The average Bonchev–Trinajstić information content (AvgIpc) is 2.73. The zero-order valence-electron chi connectivity index (χ0n) is 15.7. The van der Waals surface area contributed by atoms with E-state index in [1.807, 2.05) is 0 Å². The van der Waals surface area contributed by atoms with Crippen LogP contribution in [0, 0.1) is 0 Å². The summed E-state index contributed by atoms with van der Waals surface area (Å²) in [6, 6.07) is 16.1. The molecule has 0 saturated heterocycles. The number of esters is 1. The fourth-order valence-electron chi connectivity index (χ4n) is 2.70. The van der Waals surface area contributed by atoms with Crippen LogP contribution in [0.5, 0.6) is 5.75 Å². The van der Waals surface area contributed by atoms with Crippen LogP contribution in [0.2, 0.25) is 5.02 Å². The van der Waals surface area contributed by atoms with Crippen molar-refractivity contribution in [1.82, 2.24) is 0 Å². The third-order valence-corrected chi connectivity index (χ3v) is 4.54. The average molecular weight is 450 g/mol. The molecule has 1 atom stereocenters. The quantitative estimate of drug-likeness (QED) is 0.497. The normalized spacial score (nSPS) is 12.1. The Kier molecular flexibility index (Phi) is 6.50. The van der Waals surface area contributed by atoms with Gasteiger partial charge in [0.25, 0.3) is 5.91 Å². The number of ether oxygens (including phenoxy) is 1. The smallest absolute Gasteiger partial charge is 0.417 e. The minimum atomic E-state index is -4.71. The Morgan fingerprint density at radius 1 is 0.968 bits per heavy atom. The second-order valence-electron chi connectivity index (χ2n) is 6.42. The minimum Gasteiger partial charge on any atom is -0.508 e. The predicted molar refractivity (Wildman–Crippen MR) is 108 cm³/mol. The first-order chi connectivity index (χ1) is 14.6. The summed E-state index contributed by atoms with van der Waals surface area (Å²) >= 11 is 5.60. The van der Waals surface area contributed by atoms with Crippen LogP contribution in [0.25, 0.3) is 0 Å². The first kappa shape index (κ1) is 22.2. The molecule has 1 unspecified atom stereocenters. The molecule has 0 aliphatic rings. The summed E-state index contributed by atoms with van der Waals surface area (Å²) in [5.74, 6) is -1.76. The van der Waals surface area contributed by atoms with Gasteiger partial charge in [-0.3, -0.25) is 4.79 Å². The first-order valence-electron chi connectivity index (χ1n) is 8.88. The van der Waals surface area contributed by atoms with Gasteiger partial charge in [0.05, 0.1) is 16.1 Å². The number of nitrogens with one attached hydrogen (secondary N) is 1. The number of halogens is 4. The van der Waals surface area contributed by atoms with Gasteiger partial charge in [-0.05, 0) is 42.5 Å². The molecule has 1 amide bonds. The van der Waals surface area contributed by atoms with Crippen LogP contribution in [-0.4, -0.2) is 17.0 Å². The van der Waals surface area contributed by atoms with E-state index in [0.717, 1.165) is 6.07 Å². The van der Waals surface area contributed by atoms with Crippen molar-refractivity contribution >= 4 is 29.2 Å². The molecule has 0 aliphatic heterocycles. The standard InChI is InChI=1S/C22H15ClF3NO4/c23-18-11-8-15(12-17(18)22(24,25)26)27-20(29)19(13-4-2-1-3-5-13)31-21(30)14-6-9-16(28)10-7-14/h1-12,19,28H,(H,27,29). The van der Waals surface area contributed by atoms with Gasteiger partial charge < -0.3 is 15.2 Å². The number of hydrogen-bond donors (Lipinski definition) is 2. The number of carbonyl (C=O) groups is 2. The molecule has 9 heteroatoms. The lowest BCUT2D eigenvalue weighted by molar-refractivity contribution is -0.137. The van der Waals surface area contributed by atoms with Crippen molar-refractivity contribution in [3.05, 3.63) is 94.5 Å². The molecule has 3 aromatic carbocycles. The highest BCUT2D eigenvalue weighted by molar-refractivity contribution is 6.31. The van der Waals surface area contributed by atoms with Crippen LogP contribution in [0.4, 0.5) is 18.9 Å². The van der Waals surface area contributed by atoms with E-state index in [0.29, 0.717) is 11.6 Å². The second-order valence-corrected chi connectivity index (χ2v) is 6.83. The highest BCUT2D eigenvalue weighted by atomic mass is 35.5. The first-order valence-corrected chi connectivity index (χ1v) is 9.25. The van der Waals surface area contributed by atoms with Crippen molar-refractivity contribution in [1.29, 1.82) is 0 Å². The number of carbonyl (C=O) groups excluding carboxylic acids is 2. The molecule has 160 valence electrons. The molecule has 31 heavy (non-hydrogen) atoms. The van der Waals surface area contributed by atoms with Crippen molar-refractivity contribution < 1.29 is 32.6 Å². The summed E-state index contributed by atoms with van der Waals surface area (Å²) < 4.78 is 44.6. The number of rotatable bonds is 5. The van der Waals surface area contributed by atoms with Gasteiger partial charge in [-0.1, -0.05) is 41.9 Å². The van der Waals surface area contributed by atoms with Crippen LogP contribution in [0.3, 0.4) is 0 Å². The Morgan fingerprint density at radius 3 is 2.23 bits per heavy atom. The van der Waals surface area contributed by atoms with Gasteiger partial charge in [0.15, 0.2) is 0 Å². The largest absolute Gasteiger partial charge is 0.508 e. The van der Waals surface area contributed by atoms with Crippen molar-refractivity contribution in [3.8, 4) is 5.75 Å². The molecule has 0 fully saturated rings. The third-order valence-electron chi connectivity index (χ3n) is 4.21. The van der Waals surface area contributed by atoms with E-state index in [-0.39, 0.29) is 17.0 Å². The highest BCUT2D eigenvalue weighted by Crippen LogP contribution is 2.36. The third kappa shape index (κ3) is 5.55. The maximum Gasteiger partial charge on any atom is 0.417 e. The number of benzene rings is 3. The van der Waals surface area contributed by atoms with Crippen LogP contribution in [-0.2, 0) is 15.7 Å². The van der Waals surface area contributed by atoms with E-state index in [4.69, 9.17) is 16.3 Å². The van der Waals surface area contributed by atoms with Crippen molar-refractivity contribution in [2.45, 2.75) is 12.3 Å². The maximum absolute atomic E-state index is 13.1. The Bertz CT molecular complexity index is 1090. The van der Waals surface area contributed by atoms with Crippen LogP contribution in [0.15, 0.2) is 72.8 Å². The number of phenols is 1. The van der Waals surface area contributed by atoms with Crippen LogP contribution in [0.1, 0.15) is 27.6 Å². The van der Waals surface area contributed by atoms with Crippen molar-refractivity contribution in [2.24, 2.45) is 0 Å². The zero-order chi connectivity index (χ0) is 22.6. The molecular weight excluding hydrogens is 435 g/mol. The van der Waals surface area contributed by atoms with Gasteiger partial charge in [0, 0.05) is 11.3 Å². The molecule has 0 aliphatic carbocycles.